The summed E-state index contributed by atoms with van der Waals surface area (Å²) >= 11 is 0. The number of hydrogen-bond acceptors (Lipinski definition) is 5. The minimum absolute atomic E-state index is 0.250. The van der Waals surface area contributed by atoms with E-state index in [0.717, 1.165) is 11.5 Å². The molecule has 3 rings (SSSR count). The van der Waals surface area contributed by atoms with Crippen LogP contribution in [0.3, 0.4) is 0 Å². The number of para-hydroxylation sites is 1. The smallest absolute Gasteiger partial charge is 0.233 e. The highest BCUT2D eigenvalue weighted by atomic mass is 16.5. The Hall–Kier alpha value is -2.69. The van der Waals surface area contributed by atoms with Crippen LogP contribution in [0.25, 0.3) is 11.1 Å². The van der Waals surface area contributed by atoms with Gasteiger partial charge in [0.15, 0.2) is 12.2 Å². The Bertz CT molecular complexity index is 720. The van der Waals surface area contributed by atoms with Gasteiger partial charge >= 0.3 is 0 Å². The third kappa shape index (κ3) is 2.38. The Balaban J connectivity index is 1.74. The number of anilines is 1. The topological polar surface area (TPSA) is 70.5 Å². The fraction of sp³-hybridized carbons (Fsp3) is 0.133. The predicted octanol–water partition coefficient (Wildman–Crippen LogP) is 3.00. The van der Waals surface area contributed by atoms with Gasteiger partial charge < -0.3 is 19.6 Å². The highest BCUT2D eigenvalue weighted by Crippen LogP contribution is 2.22. The van der Waals surface area contributed by atoms with Gasteiger partial charge in [0.2, 0.25) is 5.89 Å². The first-order chi connectivity index (χ1) is 9.76. The first-order valence-corrected chi connectivity index (χ1v) is 6.17. The van der Waals surface area contributed by atoms with Crippen LogP contribution in [0.15, 0.2) is 46.9 Å². The molecule has 0 aliphatic carbocycles. The minimum Gasteiger partial charge on any atom is -0.497 e. The maximum atomic E-state index is 5.83. The number of aromatic nitrogens is 1. The number of nitrogens with two attached hydrogens (primary N) is 1. The van der Waals surface area contributed by atoms with Crippen molar-refractivity contribution in [1.82, 2.24) is 4.98 Å². The van der Waals surface area contributed by atoms with E-state index in [9.17, 15) is 0 Å². The lowest BCUT2D eigenvalue weighted by atomic mass is 10.3. The van der Waals surface area contributed by atoms with Gasteiger partial charge in [-0.3, -0.25) is 0 Å². The first-order valence-electron chi connectivity index (χ1n) is 6.17. The van der Waals surface area contributed by atoms with Crippen LogP contribution < -0.4 is 15.2 Å². The third-order valence-corrected chi connectivity index (χ3v) is 2.92. The molecule has 1 heterocycles. The van der Waals surface area contributed by atoms with Crippen molar-refractivity contribution in [2.45, 2.75) is 6.61 Å². The normalized spacial score (nSPS) is 10.7. The van der Waals surface area contributed by atoms with Crippen LogP contribution in [0.4, 0.5) is 5.69 Å². The molecule has 20 heavy (non-hydrogen) atoms. The van der Waals surface area contributed by atoms with Crippen molar-refractivity contribution in [3.05, 3.63) is 48.4 Å². The van der Waals surface area contributed by atoms with Crippen molar-refractivity contribution in [2.24, 2.45) is 0 Å². The fourth-order valence-electron chi connectivity index (χ4n) is 1.89. The summed E-state index contributed by atoms with van der Waals surface area (Å²) in [6.07, 6.45) is 0. The average Bonchev–Trinajstić information content (AvgIpc) is 2.90. The van der Waals surface area contributed by atoms with Crippen LogP contribution >= 0.6 is 0 Å². The molecule has 0 saturated carbocycles. The highest BCUT2D eigenvalue weighted by molar-refractivity contribution is 5.85. The lowest BCUT2D eigenvalue weighted by Gasteiger charge is -2.04. The second-order valence-electron chi connectivity index (χ2n) is 4.27. The second-order valence-corrected chi connectivity index (χ2v) is 4.27. The molecule has 1 aromatic heterocycles. The van der Waals surface area contributed by atoms with E-state index in [-0.39, 0.29) is 6.61 Å². The van der Waals surface area contributed by atoms with Crippen LogP contribution in [-0.4, -0.2) is 12.1 Å². The SMILES string of the molecule is COc1ccc(OCc2nc3c(N)cccc3o2)cc1. The maximum absolute atomic E-state index is 5.83. The van der Waals surface area contributed by atoms with Crippen LogP contribution in [0.5, 0.6) is 11.5 Å². The zero-order valence-corrected chi connectivity index (χ0v) is 11.0. The molecule has 0 unspecified atom stereocenters. The molecule has 0 aliphatic heterocycles. The molecule has 2 N–H and O–H groups in total. The van der Waals surface area contributed by atoms with Crippen molar-refractivity contribution < 1.29 is 13.9 Å². The minimum atomic E-state index is 0.250. The summed E-state index contributed by atoms with van der Waals surface area (Å²) in [4.78, 5) is 4.32. The molecule has 0 fully saturated rings. The Labute approximate surface area is 115 Å². The molecule has 2 aromatic carbocycles. The summed E-state index contributed by atoms with van der Waals surface area (Å²) < 4.78 is 16.3. The number of fused-ring (bicyclic) bond motifs is 1. The van der Waals surface area contributed by atoms with Crippen molar-refractivity contribution in [1.29, 1.82) is 0 Å². The van der Waals surface area contributed by atoms with Crippen molar-refractivity contribution in [3.63, 3.8) is 0 Å². The van der Waals surface area contributed by atoms with Gasteiger partial charge in [0.25, 0.3) is 0 Å². The largest absolute Gasteiger partial charge is 0.497 e. The van der Waals surface area contributed by atoms with E-state index in [2.05, 4.69) is 4.98 Å². The van der Waals surface area contributed by atoms with Crippen LogP contribution in [0, 0.1) is 0 Å². The first kappa shape index (κ1) is 12.3. The number of ether oxygens (including phenoxy) is 2. The number of methoxy groups -OCH3 is 1. The number of oxazole rings is 1. The van der Waals surface area contributed by atoms with Crippen LogP contribution in [0.1, 0.15) is 5.89 Å². The van der Waals surface area contributed by atoms with Gasteiger partial charge in [-0.15, -0.1) is 0 Å². The molecule has 0 bridgehead atoms. The number of nitrogens with zero attached hydrogens (tertiary/aromatic N) is 1. The molecule has 0 amide bonds. The van der Waals surface area contributed by atoms with Gasteiger partial charge in [-0.2, -0.15) is 0 Å². The fourth-order valence-corrected chi connectivity index (χ4v) is 1.89. The van der Waals surface area contributed by atoms with E-state index in [1.165, 1.54) is 0 Å². The Kier molecular flexibility index (Phi) is 3.16. The van der Waals surface area contributed by atoms with Crippen molar-refractivity contribution >= 4 is 16.8 Å². The third-order valence-electron chi connectivity index (χ3n) is 2.92. The zero-order chi connectivity index (χ0) is 13.9. The van der Waals surface area contributed by atoms with E-state index < -0.39 is 0 Å². The monoisotopic (exact) mass is 270 g/mol. The quantitative estimate of drug-likeness (QED) is 0.738. The molecule has 5 nitrogen and oxygen atoms in total. The molecule has 3 aromatic rings. The van der Waals surface area contributed by atoms with E-state index in [0.29, 0.717) is 22.7 Å². The van der Waals surface area contributed by atoms with Gasteiger partial charge in [0.1, 0.15) is 17.0 Å². The lowest BCUT2D eigenvalue weighted by molar-refractivity contribution is 0.267. The molecule has 0 saturated heterocycles. The lowest BCUT2D eigenvalue weighted by Crippen LogP contribution is -1.95. The summed E-state index contributed by atoms with van der Waals surface area (Å²) in [6.45, 7) is 0.250. The average molecular weight is 270 g/mol. The van der Waals surface area contributed by atoms with Gasteiger partial charge in [0, 0.05) is 0 Å². The summed E-state index contributed by atoms with van der Waals surface area (Å²) in [5.41, 5.74) is 7.76. The van der Waals surface area contributed by atoms with Gasteiger partial charge in [-0.25, -0.2) is 4.98 Å². The standard InChI is InChI=1S/C15H14N2O3/c1-18-10-5-7-11(8-6-10)19-9-14-17-15-12(16)3-2-4-13(15)20-14/h2-8H,9,16H2,1H3. The number of hydrogen-bond donors (Lipinski definition) is 1. The summed E-state index contributed by atoms with van der Waals surface area (Å²) in [5.74, 6) is 2.00. The predicted molar refractivity (Wildman–Crippen MR) is 75.7 cm³/mol. The Morgan fingerprint density at radius 3 is 2.55 bits per heavy atom. The van der Waals surface area contributed by atoms with Gasteiger partial charge in [-0.1, -0.05) is 6.07 Å². The molecule has 102 valence electrons. The molecule has 0 spiro atoms. The summed E-state index contributed by atoms with van der Waals surface area (Å²) in [7, 11) is 1.62. The van der Waals surface area contributed by atoms with Gasteiger partial charge in [0.05, 0.1) is 12.8 Å². The number of benzene rings is 2. The van der Waals surface area contributed by atoms with E-state index in [4.69, 9.17) is 19.6 Å². The van der Waals surface area contributed by atoms with Crippen molar-refractivity contribution in [3.8, 4) is 11.5 Å². The number of nitrogen functional groups attached to an aromatic ring is 1. The molecule has 0 aliphatic rings. The molecule has 5 heteroatoms. The van der Waals surface area contributed by atoms with Crippen molar-refractivity contribution in [2.75, 3.05) is 12.8 Å². The molecular formula is C15H14N2O3. The molecule has 0 radical (unpaired) electrons. The van der Waals surface area contributed by atoms with E-state index in [1.807, 2.05) is 36.4 Å². The summed E-state index contributed by atoms with van der Waals surface area (Å²) in [6, 6.07) is 12.8. The molecular weight excluding hydrogens is 256 g/mol. The van der Waals surface area contributed by atoms with Crippen LogP contribution in [0.2, 0.25) is 0 Å². The Morgan fingerprint density at radius 2 is 1.85 bits per heavy atom. The summed E-state index contributed by atoms with van der Waals surface area (Å²) in [5, 5.41) is 0. The zero-order valence-electron chi connectivity index (χ0n) is 11.0. The number of rotatable bonds is 4. The maximum Gasteiger partial charge on any atom is 0.233 e. The van der Waals surface area contributed by atoms with E-state index >= 15 is 0 Å². The van der Waals surface area contributed by atoms with Gasteiger partial charge in [-0.05, 0) is 36.4 Å². The highest BCUT2D eigenvalue weighted by Gasteiger charge is 2.08. The Morgan fingerprint density at radius 1 is 1.10 bits per heavy atom. The van der Waals surface area contributed by atoms with E-state index in [1.54, 1.807) is 13.2 Å². The molecule has 0 atom stereocenters. The second kappa shape index (κ2) is 5.13. The van der Waals surface area contributed by atoms with Crippen LogP contribution in [-0.2, 0) is 6.61 Å².